The van der Waals surface area contributed by atoms with Crippen LogP contribution in [0.15, 0.2) is 11.1 Å². The first-order valence-electron chi connectivity index (χ1n) is 4.94. The second-order valence-corrected chi connectivity index (χ2v) is 4.29. The summed E-state index contributed by atoms with van der Waals surface area (Å²) in [5.41, 5.74) is 0.868. The molecule has 0 atom stereocenters. The summed E-state index contributed by atoms with van der Waals surface area (Å²) in [6.07, 6.45) is 0.438. The fraction of sp³-hybridized carbons (Fsp3) is 0.500. The number of thioether (sulfide) groups is 1. The maximum atomic E-state index is 11.2. The Morgan fingerprint density at radius 2 is 2.20 bits per heavy atom. The van der Waals surface area contributed by atoms with E-state index in [1.54, 1.807) is 18.7 Å². The van der Waals surface area contributed by atoms with E-state index in [1.807, 2.05) is 13.0 Å². The summed E-state index contributed by atoms with van der Waals surface area (Å²) in [6, 6.07) is 1.91. The molecule has 15 heavy (non-hydrogen) atoms. The molecule has 0 saturated carbocycles. The first-order valence-corrected chi connectivity index (χ1v) is 5.92. The SMILES string of the molecule is CCSc1cc(C)nc(NC(=O)CC)n1. The summed E-state index contributed by atoms with van der Waals surface area (Å²) in [5, 5.41) is 3.56. The largest absolute Gasteiger partial charge is 0.294 e. The number of anilines is 1. The molecule has 1 aromatic rings. The molecule has 4 nitrogen and oxygen atoms in total. The molecular formula is C10H15N3OS. The van der Waals surface area contributed by atoms with Gasteiger partial charge in [-0.2, -0.15) is 0 Å². The zero-order chi connectivity index (χ0) is 11.3. The van der Waals surface area contributed by atoms with Crippen molar-refractivity contribution in [2.24, 2.45) is 0 Å². The van der Waals surface area contributed by atoms with Gasteiger partial charge in [-0.1, -0.05) is 13.8 Å². The van der Waals surface area contributed by atoms with E-state index in [0.29, 0.717) is 12.4 Å². The van der Waals surface area contributed by atoms with Crippen LogP contribution < -0.4 is 5.32 Å². The fourth-order valence-corrected chi connectivity index (χ4v) is 1.73. The number of hydrogen-bond donors (Lipinski definition) is 1. The molecule has 0 spiro atoms. The molecule has 1 aromatic heterocycles. The number of nitrogens with zero attached hydrogens (tertiary/aromatic N) is 2. The van der Waals surface area contributed by atoms with Crippen LogP contribution in [0.4, 0.5) is 5.95 Å². The molecule has 0 fully saturated rings. The highest BCUT2D eigenvalue weighted by Crippen LogP contribution is 2.17. The van der Waals surface area contributed by atoms with Crippen LogP contribution in [0.1, 0.15) is 26.0 Å². The first kappa shape index (κ1) is 12.0. The Balaban J connectivity index is 2.83. The molecule has 82 valence electrons. The van der Waals surface area contributed by atoms with Crippen LogP contribution in [0, 0.1) is 6.92 Å². The molecule has 1 rings (SSSR count). The van der Waals surface area contributed by atoms with Crippen molar-refractivity contribution in [3.8, 4) is 0 Å². The highest BCUT2D eigenvalue weighted by atomic mass is 32.2. The molecule has 1 N–H and O–H groups in total. The highest BCUT2D eigenvalue weighted by Gasteiger charge is 2.04. The van der Waals surface area contributed by atoms with Gasteiger partial charge in [-0.15, -0.1) is 11.8 Å². The normalized spacial score (nSPS) is 10.1. The zero-order valence-electron chi connectivity index (χ0n) is 9.20. The van der Waals surface area contributed by atoms with Gasteiger partial charge in [0.1, 0.15) is 5.03 Å². The van der Waals surface area contributed by atoms with Gasteiger partial charge >= 0.3 is 0 Å². The Kier molecular flexibility index (Phi) is 4.55. The van der Waals surface area contributed by atoms with Crippen molar-refractivity contribution in [3.63, 3.8) is 0 Å². The van der Waals surface area contributed by atoms with E-state index < -0.39 is 0 Å². The third-order valence-corrected chi connectivity index (χ3v) is 2.49. The van der Waals surface area contributed by atoms with Crippen molar-refractivity contribution in [2.75, 3.05) is 11.1 Å². The third kappa shape index (κ3) is 3.87. The molecule has 0 saturated heterocycles. The Bertz CT molecular complexity index is 355. The number of rotatable bonds is 4. The van der Waals surface area contributed by atoms with Crippen LogP contribution in [-0.4, -0.2) is 21.6 Å². The van der Waals surface area contributed by atoms with Gasteiger partial charge in [0.25, 0.3) is 0 Å². The Morgan fingerprint density at radius 3 is 2.80 bits per heavy atom. The van der Waals surface area contributed by atoms with Crippen LogP contribution >= 0.6 is 11.8 Å². The van der Waals surface area contributed by atoms with Crippen molar-refractivity contribution in [2.45, 2.75) is 32.2 Å². The molecule has 5 heteroatoms. The number of aryl methyl sites for hydroxylation is 1. The van der Waals surface area contributed by atoms with Gasteiger partial charge in [-0.05, 0) is 18.7 Å². The van der Waals surface area contributed by atoms with Crippen molar-refractivity contribution >= 4 is 23.6 Å². The predicted octanol–water partition coefficient (Wildman–Crippen LogP) is 2.25. The number of aromatic nitrogens is 2. The number of amides is 1. The zero-order valence-corrected chi connectivity index (χ0v) is 10.0. The summed E-state index contributed by atoms with van der Waals surface area (Å²) in [5.74, 6) is 1.29. The second kappa shape index (κ2) is 5.70. The predicted molar refractivity (Wildman–Crippen MR) is 62.1 cm³/mol. The van der Waals surface area contributed by atoms with Gasteiger partial charge in [-0.25, -0.2) is 9.97 Å². The van der Waals surface area contributed by atoms with Crippen LogP contribution in [0.25, 0.3) is 0 Å². The maximum Gasteiger partial charge on any atom is 0.230 e. The van der Waals surface area contributed by atoms with Crippen LogP contribution in [0.5, 0.6) is 0 Å². The topological polar surface area (TPSA) is 54.9 Å². The lowest BCUT2D eigenvalue weighted by Gasteiger charge is -2.05. The number of carbonyl (C=O) groups is 1. The third-order valence-electron chi connectivity index (χ3n) is 1.70. The van der Waals surface area contributed by atoms with E-state index in [1.165, 1.54) is 0 Å². The standard InChI is InChI=1S/C10H15N3OS/c1-4-8(14)12-10-11-7(3)6-9(13-10)15-5-2/h6H,4-5H2,1-3H3,(H,11,12,13,14). The number of nitrogens with one attached hydrogen (secondary N) is 1. The lowest BCUT2D eigenvalue weighted by atomic mass is 10.4. The van der Waals surface area contributed by atoms with E-state index in [9.17, 15) is 4.79 Å². The first-order chi connectivity index (χ1) is 7.15. The van der Waals surface area contributed by atoms with Gasteiger partial charge in [0.15, 0.2) is 0 Å². The molecule has 1 heterocycles. The van der Waals surface area contributed by atoms with E-state index >= 15 is 0 Å². The van der Waals surface area contributed by atoms with Gasteiger partial charge in [0, 0.05) is 12.1 Å². The van der Waals surface area contributed by atoms with Crippen molar-refractivity contribution in [3.05, 3.63) is 11.8 Å². The Morgan fingerprint density at radius 1 is 1.47 bits per heavy atom. The molecule has 1 amide bonds. The van der Waals surface area contributed by atoms with E-state index in [0.717, 1.165) is 16.5 Å². The minimum absolute atomic E-state index is 0.0620. The van der Waals surface area contributed by atoms with Gasteiger partial charge in [-0.3, -0.25) is 10.1 Å². The summed E-state index contributed by atoms with van der Waals surface area (Å²) < 4.78 is 0. The van der Waals surface area contributed by atoms with Gasteiger partial charge < -0.3 is 0 Å². The Hall–Kier alpha value is -1.10. The average molecular weight is 225 g/mol. The lowest BCUT2D eigenvalue weighted by molar-refractivity contribution is -0.115. The molecular weight excluding hydrogens is 210 g/mol. The van der Waals surface area contributed by atoms with E-state index in [2.05, 4.69) is 22.2 Å². The molecule has 0 bridgehead atoms. The summed E-state index contributed by atoms with van der Waals surface area (Å²) in [4.78, 5) is 19.5. The van der Waals surface area contributed by atoms with Crippen molar-refractivity contribution in [1.29, 1.82) is 0 Å². The molecule has 0 aliphatic rings. The van der Waals surface area contributed by atoms with Gasteiger partial charge in [0.05, 0.1) is 0 Å². The monoisotopic (exact) mass is 225 g/mol. The average Bonchev–Trinajstić information content (AvgIpc) is 2.17. The Labute approximate surface area is 93.9 Å². The van der Waals surface area contributed by atoms with E-state index in [-0.39, 0.29) is 5.91 Å². The van der Waals surface area contributed by atoms with Crippen LogP contribution in [-0.2, 0) is 4.79 Å². The molecule has 0 aliphatic heterocycles. The minimum atomic E-state index is -0.0620. The summed E-state index contributed by atoms with van der Waals surface area (Å²) >= 11 is 1.64. The van der Waals surface area contributed by atoms with Crippen LogP contribution in [0.3, 0.4) is 0 Å². The van der Waals surface area contributed by atoms with Crippen molar-refractivity contribution < 1.29 is 4.79 Å². The quantitative estimate of drug-likeness (QED) is 0.630. The van der Waals surface area contributed by atoms with E-state index in [4.69, 9.17) is 0 Å². The smallest absolute Gasteiger partial charge is 0.230 e. The highest BCUT2D eigenvalue weighted by molar-refractivity contribution is 7.99. The van der Waals surface area contributed by atoms with Crippen molar-refractivity contribution in [1.82, 2.24) is 9.97 Å². The minimum Gasteiger partial charge on any atom is -0.294 e. The van der Waals surface area contributed by atoms with Crippen LogP contribution in [0.2, 0.25) is 0 Å². The molecule has 0 radical (unpaired) electrons. The maximum absolute atomic E-state index is 11.2. The molecule has 0 aliphatic carbocycles. The number of hydrogen-bond acceptors (Lipinski definition) is 4. The lowest BCUT2D eigenvalue weighted by Crippen LogP contribution is -2.12. The molecule has 0 aromatic carbocycles. The summed E-state index contributed by atoms with van der Waals surface area (Å²) in [6.45, 7) is 5.75. The van der Waals surface area contributed by atoms with Gasteiger partial charge in [0.2, 0.25) is 11.9 Å². The number of carbonyl (C=O) groups excluding carboxylic acids is 1. The molecule has 0 unspecified atom stereocenters. The fourth-order valence-electron chi connectivity index (χ4n) is 1.03. The second-order valence-electron chi connectivity index (χ2n) is 3.01. The summed E-state index contributed by atoms with van der Waals surface area (Å²) in [7, 11) is 0.